The zero-order valence-electron chi connectivity index (χ0n) is 12.8. The smallest absolute Gasteiger partial charge is 0.387 e. The summed E-state index contributed by atoms with van der Waals surface area (Å²) in [6.45, 7) is -3.09. The van der Waals surface area contributed by atoms with E-state index in [-0.39, 0.29) is 29.2 Å². The molecular formula is C16H14F2NO5S-. The molecule has 2 rings (SSSR count). The summed E-state index contributed by atoms with van der Waals surface area (Å²) in [6.07, 6.45) is 0.0316. The minimum atomic E-state index is -4.02. The van der Waals surface area contributed by atoms with Gasteiger partial charge in [0.15, 0.2) is 0 Å². The first-order valence-electron chi connectivity index (χ1n) is 7.13. The zero-order valence-corrected chi connectivity index (χ0v) is 13.6. The van der Waals surface area contributed by atoms with E-state index in [0.717, 1.165) is 0 Å². The zero-order chi connectivity index (χ0) is 18.4. The van der Waals surface area contributed by atoms with Gasteiger partial charge in [0.25, 0.3) is 10.0 Å². The fourth-order valence-electron chi connectivity index (χ4n) is 2.04. The number of nitrogens with one attached hydrogen (secondary N) is 1. The maximum atomic E-state index is 12.4. The van der Waals surface area contributed by atoms with Crippen molar-refractivity contribution in [2.24, 2.45) is 0 Å². The Bertz CT molecular complexity index is 838. The van der Waals surface area contributed by atoms with Crippen LogP contribution < -0.4 is 14.6 Å². The highest BCUT2D eigenvalue weighted by Crippen LogP contribution is 2.28. The van der Waals surface area contributed by atoms with Gasteiger partial charge < -0.3 is 14.6 Å². The maximum Gasteiger partial charge on any atom is 0.387 e. The SMILES string of the molecule is O=C([O-])CCc1ccc(S(=O)(=O)Nc2ccccc2OC(F)F)cc1. The lowest BCUT2D eigenvalue weighted by atomic mass is 10.1. The number of carboxylic acid groups (broad SMARTS) is 1. The van der Waals surface area contributed by atoms with E-state index >= 15 is 0 Å². The van der Waals surface area contributed by atoms with Crippen molar-refractivity contribution in [1.29, 1.82) is 0 Å². The van der Waals surface area contributed by atoms with Gasteiger partial charge in [-0.2, -0.15) is 8.78 Å². The van der Waals surface area contributed by atoms with Crippen LogP contribution in [0, 0.1) is 0 Å². The molecule has 1 N–H and O–H groups in total. The Morgan fingerprint density at radius 1 is 1.12 bits per heavy atom. The van der Waals surface area contributed by atoms with Crippen LogP contribution in [0.5, 0.6) is 5.75 Å². The standard InChI is InChI=1S/C16H15F2NO5S/c17-16(18)24-14-4-2-1-3-13(14)19-25(22,23)12-8-5-11(6-9-12)7-10-15(20)21/h1-6,8-9,16,19H,7,10H2,(H,20,21)/p-1. The summed E-state index contributed by atoms with van der Waals surface area (Å²) in [4.78, 5) is 10.3. The molecule has 9 heteroatoms. The summed E-state index contributed by atoms with van der Waals surface area (Å²) in [6, 6.07) is 10.9. The van der Waals surface area contributed by atoms with Crippen molar-refractivity contribution in [1.82, 2.24) is 0 Å². The van der Waals surface area contributed by atoms with Crippen molar-refractivity contribution in [3.8, 4) is 5.75 Å². The summed E-state index contributed by atoms with van der Waals surface area (Å²) in [5.41, 5.74) is 0.508. The minimum absolute atomic E-state index is 0.100. The lowest BCUT2D eigenvalue weighted by Crippen LogP contribution is -2.22. The number of aliphatic carboxylic acids is 1. The molecule has 6 nitrogen and oxygen atoms in total. The fraction of sp³-hybridized carbons (Fsp3) is 0.188. The molecule has 2 aromatic rings. The van der Waals surface area contributed by atoms with Crippen molar-refractivity contribution >= 4 is 21.7 Å². The first-order chi connectivity index (χ1) is 11.8. The topological polar surface area (TPSA) is 95.5 Å². The number of carbonyl (C=O) groups is 1. The summed E-state index contributed by atoms with van der Waals surface area (Å²) >= 11 is 0. The largest absolute Gasteiger partial charge is 0.550 e. The van der Waals surface area contributed by atoms with Crippen LogP contribution in [0.15, 0.2) is 53.4 Å². The Morgan fingerprint density at radius 3 is 2.36 bits per heavy atom. The molecule has 0 amide bonds. The molecule has 0 bridgehead atoms. The number of halogens is 2. The van der Waals surface area contributed by atoms with Crippen LogP contribution in [0.2, 0.25) is 0 Å². The normalized spacial score (nSPS) is 11.3. The molecule has 134 valence electrons. The molecule has 0 saturated carbocycles. The number of alkyl halides is 2. The van der Waals surface area contributed by atoms with Crippen LogP contribution in [0.3, 0.4) is 0 Å². The Balaban J connectivity index is 2.18. The van der Waals surface area contributed by atoms with Gasteiger partial charge in [0.05, 0.1) is 10.6 Å². The van der Waals surface area contributed by atoms with E-state index < -0.39 is 22.6 Å². The fourth-order valence-corrected chi connectivity index (χ4v) is 3.11. The van der Waals surface area contributed by atoms with Crippen molar-refractivity contribution in [3.63, 3.8) is 0 Å². The van der Waals surface area contributed by atoms with Gasteiger partial charge in [0, 0.05) is 5.97 Å². The molecule has 25 heavy (non-hydrogen) atoms. The molecular weight excluding hydrogens is 356 g/mol. The number of para-hydroxylation sites is 2. The number of aryl methyl sites for hydroxylation is 1. The van der Waals surface area contributed by atoms with E-state index in [1.54, 1.807) is 0 Å². The first kappa shape index (κ1) is 18.7. The van der Waals surface area contributed by atoms with E-state index in [1.165, 1.54) is 48.5 Å². The Kier molecular flexibility index (Phi) is 5.92. The second-order valence-electron chi connectivity index (χ2n) is 5.00. The lowest BCUT2D eigenvalue weighted by molar-refractivity contribution is -0.305. The lowest BCUT2D eigenvalue weighted by Gasteiger charge is -2.13. The highest BCUT2D eigenvalue weighted by Gasteiger charge is 2.17. The second-order valence-corrected chi connectivity index (χ2v) is 6.68. The number of carbonyl (C=O) groups excluding carboxylic acids is 1. The molecule has 0 aliphatic rings. The van der Waals surface area contributed by atoms with E-state index in [9.17, 15) is 27.1 Å². The van der Waals surface area contributed by atoms with Gasteiger partial charge in [-0.05, 0) is 42.7 Å². The van der Waals surface area contributed by atoms with Crippen LogP contribution in [0.4, 0.5) is 14.5 Å². The molecule has 0 atom stereocenters. The Morgan fingerprint density at radius 2 is 1.76 bits per heavy atom. The van der Waals surface area contributed by atoms with Crippen LogP contribution in [0.25, 0.3) is 0 Å². The van der Waals surface area contributed by atoms with Crippen LogP contribution in [-0.2, 0) is 21.2 Å². The summed E-state index contributed by atoms with van der Waals surface area (Å²) in [5.74, 6) is -1.50. The number of anilines is 1. The number of hydrogen-bond donors (Lipinski definition) is 1. The molecule has 0 aromatic heterocycles. The molecule has 0 aliphatic heterocycles. The molecule has 0 unspecified atom stereocenters. The number of benzene rings is 2. The number of sulfonamides is 1. The predicted molar refractivity (Wildman–Crippen MR) is 83.7 cm³/mol. The summed E-state index contributed by atoms with van der Waals surface area (Å²) in [7, 11) is -4.02. The second kappa shape index (κ2) is 7.93. The third-order valence-corrected chi connectivity index (χ3v) is 4.58. The quantitative estimate of drug-likeness (QED) is 0.764. The Labute approximate surface area is 143 Å². The van der Waals surface area contributed by atoms with Crippen molar-refractivity contribution in [2.75, 3.05) is 4.72 Å². The molecule has 0 fully saturated rings. The van der Waals surface area contributed by atoms with E-state index in [4.69, 9.17) is 0 Å². The number of rotatable bonds is 8. The third-order valence-electron chi connectivity index (χ3n) is 3.20. The predicted octanol–water partition coefficient (Wildman–Crippen LogP) is 1.77. The summed E-state index contributed by atoms with van der Waals surface area (Å²) in [5, 5.41) is 10.4. The van der Waals surface area contributed by atoms with Gasteiger partial charge in [-0.1, -0.05) is 24.3 Å². The minimum Gasteiger partial charge on any atom is -0.550 e. The van der Waals surface area contributed by atoms with E-state index in [2.05, 4.69) is 9.46 Å². The number of carboxylic acids is 1. The van der Waals surface area contributed by atoms with Gasteiger partial charge in [-0.25, -0.2) is 8.42 Å². The molecule has 0 spiro atoms. The summed E-state index contributed by atoms with van der Waals surface area (Å²) < 4.78 is 56.0. The van der Waals surface area contributed by atoms with Crippen molar-refractivity contribution in [2.45, 2.75) is 24.3 Å². The van der Waals surface area contributed by atoms with Gasteiger partial charge in [-0.15, -0.1) is 0 Å². The molecule has 0 heterocycles. The number of ether oxygens (including phenoxy) is 1. The van der Waals surface area contributed by atoms with Crippen LogP contribution >= 0.6 is 0 Å². The first-order valence-corrected chi connectivity index (χ1v) is 8.62. The number of hydrogen-bond acceptors (Lipinski definition) is 5. The van der Waals surface area contributed by atoms with Gasteiger partial charge in [0.1, 0.15) is 5.75 Å². The van der Waals surface area contributed by atoms with Gasteiger partial charge >= 0.3 is 6.61 Å². The molecule has 0 saturated heterocycles. The van der Waals surface area contributed by atoms with Crippen LogP contribution in [0.1, 0.15) is 12.0 Å². The maximum absolute atomic E-state index is 12.4. The van der Waals surface area contributed by atoms with Gasteiger partial charge in [0.2, 0.25) is 0 Å². The molecule has 0 aliphatic carbocycles. The van der Waals surface area contributed by atoms with Crippen LogP contribution in [-0.4, -0.2) is 21.0 Å². The van der Waals surface area contributed by atoms with Crippen molar-refractivity contribution in [3.05, 3.63) is 54.1 Å². The molecule has 2 aromatic carbocycles. The van der Waals surface area contributed by atoms with E-state index in [0.29, 0.717) is 5.56 Å². The monoisotopic (exact) mass is 370 g/mol. The van der Waals surface area contributed by atoms with Gasteiger partial charge in [-0.3, -0.25) is 4.72 Å². The highest BCUT2D eigenvalue weighted by atomic mass is 32.2. The molecule has 0 radical (unpaired) electrons. The van der Waals surface area contributed by atoms with E-state index in [1.807, 2.05) is 0 Å². The third kappa shape index (κ3) is 5.42. The average Bonchev–Trinajstić information content (AvgIpc) is 2.54. The highest BCUT2D eigenvalue weighted by molar-refractivity contribution is 7.92. The Hall–Kier alpha value is -2.68. The average molecular weight is 370 g/mol. The van der Waals surface area contributed by atoms with Crippen molar-refractivity contribution < 1.29 is 31.8 Å².